The van der Waals surface area contributed by atoms with Crippen molar-refractivity contribution in [3.63, 3.8) is 0 Å². The number of para-hydroxylation sites is 1. The first-order valence-corrected chi connectivity index (χ1v) is 12.4. The highest BCUT2D eigenvalue weighted by Crippen LogP contribution is 2.40. The minimum atomic E-state index is -0.916. The average molecular weight is 475 g/mol. The first-order valence-electron chi connectivity index (χ1n) is 12.4. The molecule has 1 aliphatic carbocycles. The van der Waals surface area contributed by atoms with Crippen molar-refractivity contribution in [3.05, 3.63) is 65.5 Å². The molecule has 1 saturated heterocycles. The number of carbonyl (C=O) groups excluding carboxylic acids is 1. The number of aliphatic hydroxyl groups is 1. The van der Waals surface area contributed by atoms with E-state index in [-0.39, 0.29) is 11.9 Å². The number of nitrogens with one attached hydrogen (secondary N) is 1. The van der Waals surface area contributed by atoms with Crippen LogP contribution in [0.4, 0.5) is 11.5 Å². The summed E-state index contributed by atoms with van der Waals surface area (Å²) in [4.78, 5) is 21.6. The quantitative estimate of drug-likeness (QED) is 0.585. The van der Waals surface area contributed by atoms with Gasteiger partial charge in [0.15, 0.2) is 12.0 Å². The Morgan fingerprint density at radius 1 is 1.09 bits per heavy atom. The fourth-order valence-electron chi connectivity index (χ4n) is 4.86. The van der Waals surface area contributed by atoms with Gasteiger partial charge in [-0.3, -0.25) is 4.79 Å². The standard InChI is InChI=1S/C27H30N4O4/c32-26(28-19-9-10-19)23-17-18-11-13-31(22-7-2-1-5-20(22)25(18)35-23)27(33)21-6-3-8-24(29-21)30-12-4-15-34-16-14-30/h1-3,5-8,17,19,27,33H,4,9-16H2,(H,28,32). The van der Waals surface area contributed by atoms with E-state index in [2.05, 4.69) is 10.2 Å². The van der Waals surface area contributed by atoms with E-state index in [0.717, 1.165) is 61.6 Å². The predicted octanol–water partition coefficient (Wildman–Crippen LogP) is 3.51. The molecule has 1 aromatic carbocycles. The molecule has 0 spiro atoms. The van der Waals surface area contributed by atoms with Crippen LogP contribution < -0.4 is 15.1 Å². The first kappa shape index (κ1) is 22.1. The molecule has 35 heavy (non-hydrogen) atoms. The molecule has 2 fully saturated rings. The summed E-state index contributed by atoms with van der Waals surface area (Å²) < 4.78 is 11.7. The zero-order chi connectivity index (χ0) is 23.8. The van der Waals surface area contributed by atoms with Gasteiger partial charge in [0.25, 0.3) is 5.91 Å². The molecule has 1 amide bonds. The molecule has 3 aliphatic rings. The molecule has 6 rings (SSSR count). The Morgan fingerprint density at radius 3 is 2.86 bits per heavy atom. The summed E-state index contributed by atoms with van der Waals surface area (Å²) in [5.74, 6) is 1.74. The number of fused-ring (bicyclic) bond motifs is 3. The van der Waals surface area contributed by atoms with Gasteiger partial charge in [0.05, 0.1) is 18.0 Å². The number of anilines is 2. The van der Waals surface area contributed by atoms with E-state index in [1.165, 1.54) is 0 Å². The normalized spacial score (nSPS) is 18.8. The number of nitrogens with zero attached hydrogens (tertiary/aromatic N) is 3. The minimum Gasteiger partial charge on any atom is -0.451 e. The van der Waals surface area contributed by atoms with E-state index < -0.39 is 6.23 Å². The molecule has 2 aliphatic heterocycles. The number of furan rings is 1. The number of aromatic nitrogens is 1. The molecule has 8 heteroatoms. The van der Waals surface area contributed by atoms with E-state index in [1.807, 2.05) is 53.4 Å². The number of hydrogen-bond donors (Lipinski definition) is 2. The number of ether oxygens (including phenoxy) is 1. The molecule has 0 radical (unpaired) electrons. The van der Waals surface area contributed by atoms with Gasteiger partial charge in [-0.05, 0) is 56.0 Å². The lowest BCUT2D eigenvalue weighted by molar-refractivity contribution is 0.0924. The molecule has 1 atom stereocenters. The zero-order valence-electron chi connectivity index (χ0n) is 19.7. The molecule has 182 valence electrons. The van der Waals surface area contributed by atoms with Crippen LogP contribution >= 0.6 is 0 Å². The number of aliphatic hydroxyl groups excluding tert-OH is 1. The summed E-state index contributed by atoms with van der Waals surface area (Å²) >= 11 is 0. The lowest BCUT2D eigenvalue weighted by Gasteiger charge is -2.30. The lowest BCUT2D eigenvalue weighted by atomic mass is 10.1. The van der Waals surface area contributed by atoms with Crippen molar-refractivity contribution in [2.45, 2.75) is 38.0 Å². The van der Waals surface area contributed by atoms with Gasteiger partial charge in [0, 0.05) is 43.4 Å². The largest absolute Gasteiger partial charge is 0.451 e. The monoisotopic (exact) mass is 474 g/mol. The van der Waals surface area contributed by atoms with Crippen molar-refractivity contribution in [2.24, 2.45) is 0 Å². The van der Waals surface area contributed by atoms with Gasteiger partial charge < -0.3 is 29.4 Å². The Labute approximate surface area is 204 Å². The average Bonchev–Trinajstić information content (AvgIpc) is 3.68. The van der Waals surface area contributed by atoms with Crippen LogP contribution in [0.2, 0.25) is 0 Å². The maximum atomic E-state index is 12.6. The summed E-state index contributed by atoms with van der Waals surface area (Å²) in [7, 11) is 0. The molecule has 2 aromatic heterocycles. The summed E-state index contributed by atoms with van der Waals surface area (Å²) in [6.45, 7) is 3.69. The number of amides is 1. The molecular formula is C27H30N4O4. The van der Waals surface area contributed by atoms with E-state index >= 15 is 0 Å². The van der Waals surface area contributed by atoms with Gasteiger partial charge in [0.2, 0.25) is 0 Å². The Kier molecular flexibility index (Phi) is 5.91. The van der Waals surface area contributed by atoms with Crippen LogP contribution in [0.3, 0.4) is 0 Å². The molecule has 2 N–H and O–H groups in total. The van der Waals surface area contributed by atoms with E-state index in [9.17, 15) is 9.90 Å². The SMILES string of the molecule is O=C(NC1CC1)c1cc2c(o1)-c1ccccc1N(C(O)c1cccc(N3CCCOCC3)n1)CC2. The van der Waals surface area contributed by atoms with Gasteiger partial charge in [0.1, 0.15) is 11.6 Å². The van der Waals surface area contributed by atoms with Gasteiger partial charge in [-0.25, -0.2) is 4.98 Å². The Balaban J connectivity index is 1.29. The second-order valence-electron chi connectivity index (χ2n) is 9.42. The van der Waals surface area contributed by atoms with Crippen molar-refractivity contribution in [3.8, 4) is 11.3 Å². The minimum absolute atomic E-state index is 0.158. The van der Waals surface area contributed by atoms with Crippen molar-refractivity contribution in [1.29, 1.82) is 0 Å². The van der Waals surface area contributed by atoms with Crippen molar-refractivity contribution >= 4 is 17.4 Å². The van der Waals surface area contributed by atoms with Crippen molar-refractivity contribution in [2.75, 3.05) is 42.6 Å². The van der Waals surface area contributed by atoms with Crippen molar-refractivity contribution < 1.29 is 19.1 Å². The molecule has 3 aromatic rings. The molecule has 1 unspecified atom stereocenters. The van der Waals surface area contributed by atoms with Crippen LogP contribution in [0.1, 0.15) is 47.3 Å². The summed E-state index contributed by atoms with van der Waals surface area (Å²) in [6, 6.07) is 15.8. The van der Waals surface area contributed by atoms with Gasteiger partial charge in [-0.15, -0.1) is 0 Å². The molecule has 8 nitrogen and oxygen atoms in total. The molecular weight excluding hydrogens is 444 g/mol. The van der Waals surface area contributed by atoms with Crippen LogP contribution in [0, 0.1) is 0 Å². The lowest BCUT2D eigenvalue weighted by Crippen LogP contribution is -2.32. The summed E-state index contributed by atoms with van der Waals surface area (Å²) in [5, 5.41) is 14.5. The fraction of sp³-hybridized carbons (Fsp3) is 0.407. The van der Waals surface area contributed by atoms with E-state index in [0.29, 0.717) is 36.8 Å². The number of carbonyl (C=O) groups is 1. The number of rotatable bonds is 5. The molecule has 0 bridgehead atoms. The smallest absolute Gasteiger partial charge is 0.287 e. The Bertz CT molecular complexity index is 1210. The third-order valence-electron chi connectivity index (χ3n) is 6.89. The first-order chi connectivity index (χ1) is 17.2. The van der Waals surface area contributed by atoms with Crippen LogP contribution in [0.5, 0.6) is 0 Å². The number of benzene rings is 1. The van der Waals surface area contributed by atoms with Gasteiger partial charge in [-0.1, -0.05) is 18.2 Å². The third kappa shape index (κ3) is 4.51. The fourth-order valence-corrected chi connectivity index (χ4v) is 4.86. The summed E-state index contributed by atoms with van der Waals surface area (Å²) in [6.07, 6.45) is 2.75. The van der Waals surface area contributed by atoms with Crippen LogP contribution in [-0.2, 0) is 11.2 Å². The van der Waals surface area contributed by atoms with Gasteiger partial charge >= 0.3 is 0 Å². The topological polar surface area (TPSA) is 91.1 Å². The highest BCUT2D eigenvalue weighted by molar-refractivity contribution is 5.93. The van der Waals surface area contributed by atoms with Crippen LogP contribution in [0.25, 0.3) is 11.3 Å². The summed E-state index contributed by atoms with van der Waals surface area (Å²) in [5.41, 5.74) is 3.30. The Hall–Kier alpha value is -3.36. The maximum Gasteiger partial charge on any atom is 0.287 e. The third-order valence-corrected chi connectivity index (χ3v) is 6.89. The van der Waals surface area contributed by atoms with E-state index in [4.69, 9.17) is 14.1 Å². The van der Waals surface area contributed by atoms with Gasteiger partial charge in [-0.2, -0.15) is 0 Å². The maximum absolute atomic E-state index is 12.6. The number of hydrogen-bond acceptors (Lipinski definition) is 7. The van der Waals surface area contributed by atoms with E-state index in [1.54, 1.807) is 0 Å². The number of pyridine rings is 1. The Morgan fingerprint density at radius 2 is 1.97 bits per heavy atom. The zero-order valence-corrected chi connectivity index (χ0v) is 19.7. The highest BCUT2D eigenvalue weighted by atomic mass is 16.5. The highest BCUT2D eigenvalue weighted by Gasteiger charge is 2.31. The predicted molar refractivity (Wildman–Crippen MR) is 133 cm³/mol. The molecule has 4 heterocycles. The second-order valence-corrected chi connectivity index (χ2v) is 9.42. The second kappa shape index (κ2) is 9.36. The van der Waals surface area contributed by atoms with Crippen LogP contribution in [0.15, 0.2) is 52.9 Å². The van der Waals surface area contributed by atoms with Crippen molar-refractivity contribution in [1.82, 2.24) is 10.3 Å². The molecule has 1 saturated carbocycles. The van der Waals surface area contributed by atoms with Crippen LogP contribution in [-0.4, -0.2) is 54.9 Å².